The van der Waals surface area contributed by atoms with Crippen LogP contribution in [0.2, 0.25) is 0 Å². The summed E-state index contributed by atoms with van der Waals surface area (Å²) in [5.41, 5.74) is 1.01. The zero-order valence-electron chi connectivity index (χ0n) is 11.3. The normalized spacial score (nSPS) is 11.4. The van der Waals surface area contributed by atoms with E-state index < -0.39 is 9.84 Å². The minimum Gasteiger partial charge on any atom is -0.268 e. The van der Waals surface area contributed by atoms with Gasteiger partial charge in [0.25, 0.3) is 0 Å². The highest BCUT2D eigenvalue weighted by Crippen LogP contribution is 2.20. The van der Waals surface area contributed by atoms with Gasteiger partial charge in [0.15, 0.2) is 0 Å². The van der Waals surface area contributed by atoms with Crippen LogP contribution in [-0.4, -0.2) is 18.2 Å². The van der Waals surface area contributed by atoms with Crippen molar-refractivity contribution < 1.29 is 8.42 Å². The lowest BCUT2D eigenvalue weighted by molar-refractivity contribution is 0.596. The Balaban J connectivity index is 1.87. The third-order valence-corrected chi connectivity index (χ3v) is 4.98. The Morgan fingerprint density at radius 1 is 0.857 bits per heavy atom. The number of aromatic nitrogens is 2. The van der Waals surface area contributed by atoms with E-state index in [0.717, 1.165) is 5.56 Å². The van der Waals surface area contributed by atoms with Crippen LogP contribution < -0.4 is 0 Å². The van der Waals surface area contributed by atoms with Gasteiger partial charge in [-0.1, -0.05) is 30.3 Å². The van der Waals surface area contributed by atoms with Gasteiger partial charge < -0.3 is 0 Å². The minimum atomic E-state index is -3.44. The van der Waals surface area contributed by atoms with Gasteiger partial charge in [-0.2, -0.15) is 5.10 Å². The average molecular weight is 298 g/mol. The van der Waals surface area contributed by atoms with Crippen molar-refractivity contribution >= 4 is 9.84 Å². The second kappa shape index (κ2) is 5.54. The Kier molecular flexibility index (Phi) is 3.58. The fourth-order valence-electron chi connectivity index (χ4n) is 2.09. The first-order valence-electron chi connectivity index (χ1n) is 6.53. The Hall–Kier alpha value is -2.40. The first-order chi connectivity index (χ1) is 10.2. The van der Waals surface area contributed by atoms with Crippen molar-refractivity contribution in [1.82, 2.24) is 9.78 Å². The van der Waals surface area contributed by atoms with Gasteiger partial charge in [-0.25, -0.2) is 8.42 Å². The monoisotopic (exact) mass is 298 g/mol. The number of hydrogen-bond donors (Lipinski definition) is 0. The molecule has 1 heterocycles. The van der Waals surface area contributed by atoms with Crippen molar-refractivity contribution in [3.63, 3.8) is 0 Å². The first-order valence-corrected chi connectivity index (χ1v) is 8.01. The third-order valence-electron chi connectivity index (χ3n) is 3.19. The van der Waals surface area contributed by atoms with E-state index in [9.17, 15) is 8.42 Å². The molecule has 1 aromatic heterocycles. The summed E-state index contributed by atoms with van der Waals surface area (Å²) in [4.78, 5) is 0.614. The number of benzene rings is 2. The molecule has 0 aliphatic rings. The predicted molar refractivity (Wildman–Crippen MR) is 79.7 cm³/mol. The molecule has 106 valence electrons. The molecule has 0 atom stereocenters. The predicted octanol–water partition coefficient (Wildman–Crippen LogP) is 2.76. The van der Waals surface area contributed by atoms with Gasteiger partial charge in [-0.3, -0.25) is 4.68 Å². The molecule has 3 rings (SSSR count). The molecular formula is C16H14N2O2S. The molecule has 5 heteroatoms. The van der Waals surface area contributed by atoms with Gasteiger partial charge >= 0.3 is 0 Å². The average Bonchev–Trinajstić information content (AvgIpc) is 3.02. The lowest BCUT2D eigenvalue weighted by atomic mass is 10.2. The van der Waals surface area contributed by atoms with E-state index in [0.29, 0.717) is 16.3 Å². The van der Waals surface area contributed by atoms with Crippen molar-refractivity contribution in [3.05, 3.63) is 78.6 Å². The molecular weight excluding hydrogens is 284 g/mol. The molecule has 0 fully saturated rings. The van der Waals surface area contributed by atoms with E-state index >= 15 is 0 Å². The summed E-state index contributed by atoms with van der Waals surface area (Å²) in [6, 6.07) is 17.2. The lowest BCUT2D eigenvalue weighted by Crippen LogP contribution is -2.03. The number of sulfone groups is 1. The lowest BCUT2D eigenvalue weighted by Gasteiger charge is -2.06. The van der Waals surface area contributed by atoms with Gasteiger partial charge in [0, 0.05) is 12.4 Å². The molecule has 0 N–H and O–H groups in total. The fraction of sp³-hybridized carbons (Fsp3) is 0.0625. The largest absolute Gasteiger partial charge is 0.268 e. The van der Waals surface area contributed by atoms with Crippen molar-refractivity contribution in [1.29, 1.82) is 0 Å². The van der Waals surface area contributed by atoms with E-state index in [-0.39, 0.29) is 0 Å². The Bertz CT molecular complexity index is 808. The van der Waals surface area contributed by atoms with Gasteiger partial charge in [0.05, 0.1) is 16.3 Å². The van der Waals surface area contributed by atoms with Crippen molar-refractivity contribution in [2.24, 2.45) is 0 Å². The van der Waals surface area contributed by atoms with Crippen LogP contribution in [0.4, 0.5) is 0 Å². The van der Waals surface area contributed by atoms with E-state index in [2.05, 4.69) is 5.10 Å². The molecule has 2 aromatic carbocycles. The first kappa shape index (κ1) is 13.6. The zero-order chi connectivity index (χ0) is 14.7. The van der Waals surface area contributed by atoms with E-state index in [4.69, 9.17) is 0 Å². The van der Waals surface area contributed by atoms with Gasteiger partial charge in [-0.15, -0.1) is 0 Å². The summed E-state index contributed by atoms with van der Waals surface area (Å²) < 4.78 is 26.7. The van der Waals surface area contributed by atoms with Crippen LogP contribution in [0.25, 0.3) is 0 Å². The van der Waals surface area contributed by atoms with Crippen molar-refractivity contribution in [3.8, 4) is 0 Å². The molecule has 0 amide bonds. The molecule has 4 nitrogen and oxygen atoms in total. The van der Waals surface area contributed by atoms with Crippen molar-refractivity contribution in [2.45, 2.75) is 16.3 Å². The third kappa shape index (κ3) is 2.87. The highest BCUT2D eigenvalue weighted by molar-refractivity contribution is 7.91. The standard InChI is InChI=1S/C16H14N2O2S/c19-21(20,15-5-2-1-3-6-15)16-9-7-14(8-10-16)13-18-12-4-11-17-18/h1-12H,13H2. The van der Waals surface area contributed by atoms with Gasteiger partial charge in [-0.05, 0) is 35.9 Å². The molecule has 0 aliphatic carbocycles. The Morgan fingerprint density at radius 3 is 2.14 bits per heavy atom. The minimum absolute atomic E-state index is 0.304. The summed E-state index contributed by atoms with van der Waals surface area (Å²) in [7, 11) is -3.44. The number of nitrogens with zero attached hydrogens (tertiary/aromatic N) is 2. The molecule has 3 aromatic rings. The SMILES string of the molecule is O=S(=O)(c1ccccc1)c1ccc(Cn2cccn2)cc1. The quantitative estimate of drug-likeness (QED) is 0.744. The molecule has 21 heavy (non-hydrogen) atoms. The Morgan fingerprint density at radius 2 is 1.52 bits per heavy atom. The second-order valence-corrected chi connectivity index (χ2v) is 6.61. The maximum Gasteiger partial charge on any atom is 0.206 e. The van der Waals surface area contributed by atoms with Crippen molar-refractivity contribution in [2.75, 3.05) is 0 Å². The van der Waals surface area contributed by atoms with E-state index in [1.54, 1.807) is 53.3 Å². The van der Waals surface area contributed by atoms with Crippen LogP contribution in [-0.2, 0) is 16.4 Å². The number of hydrogen-bond acceptors (Lipinski definition) is 3. The molecule has 0 unspecified atom stereocenters. The highest BCUT2D eigenvalue weighted by Gasteiger charge is 2.16. The summed E-state index contributed by atoms with van der Waals surface area (Å²) in [6.07, 6.45) is 3.59. The van der Waals surface area contributed by atoms with Crippen LogP contribution in [0.5, 0.6) is 0 Å². The maximum absolute atomic E-state index is 12.4. The summed E-state index contributed by atoms with van der Waals surface area (Å²) in [5.74, 6) is 0. The summed E-state index contributed by atoms with van der Waals surface area (Å²) >= 11 is 0. The van der Waals surface area contributed by atoms with E-state index in [1.807, 2.05) is 24.4 Å². The number of rotatable bonds is 4. The smallest absolute Gasteiger partial charge is 0.206 e. The molecule has 0 bridgehead atoms. The van der Waals surface area contributed by atoms with Gasteiger partial charge in [0.1, 0.15) is 0 Å². The Labute approximate surface area is 123 Å². The van der Waals surface area contributed by atoms with Crippen LogP contribution in [0.3, 0.4) is 0 Å². The molecule has 0 saturated carbocycles. The molecule has 0 aliphatic heterocycles. The van der Waals surface area contributed by atoms with Gasteiger partial charge in [0.2, 0.25) is 9.84 Å². The fourth-order valence-corrected chi connectivity index (χ4v) is 3.37. The second-order valence-electron chi connectivity index (χ2n) is 4.66. The highest BCUT2D eigenvalue weighted by atomic mass is 32.2. The maximum atomic E-state index is 12.4. The summed E-state index contributed by atoms with van der Waals surface area (Å²) in [5, 5.41) is 4.13. The van der Waals surface area contributed by atoms with Crippen LogP contribution in [0.15, 0.2) is 82.8 Å². The molecule has 0 saturated heterocycles. The topological polar surface area (TPSA) is 52.0 Å². The van der Waals surface area contributed by atoms with E-state index in [1.165, 1.54) is 0 Å². The van der Waals surface area contributed by atoms with Crippen LogP contribution in [0.1, 0.15) is 5.56 Å². The summed E-state index contributed by atoms with van der Waals surface area (Å²) in [6.45, 7) is 0.624. The molecule has 0 radical (unpaired) electrons. The molecule has 0 spiro atoms. The van der Waals surface area contributed by atoms with Crippen LogP contribution in [0, 0.1) is 0 Å². The van der Waals surface area contributed by atoms with Crippen LogP contribution >= 0.6 is 0 Å². The zero-order valence-corrected chi connectivity index (χ0v) is 12.1.